The summed E-state index contributed by atoms with van der Waals surface area (Å²) in [5.41, 5.74) is 6.43. The second-order valence-electron chi connectivity index (χ2n) is 10.5. The van der Waals surface area contributed by atoms with Crippen molar-refractivity contribution in [1.29, 1.82) is 0 Å². The van der Waals surface area contributed by atoms with Crippen LogP contribution < -0.4 is 15.6 Å². The molecule has 0 fully saturated rings. The van der Waals surface area contributed by atoms with Crippen LogP contribution in [-0.4, -0.2) is 27.7 Å². The second kappa shape index (κ2) is 13.7. The van der Waals surface area contributed by atoms with Gasteiger partial charge in [0.2, 0.25) is 0 Å². The van der Waals surface area contributed by atoms with Crippen LogP contribution >= 0.6 is 0 Å². The number of benzene rings is 3. The van der Waals surface area contributed by atoms with E-state index in [0.717, 1.165) is 65.3 Å². The lowest BCUT2D eigenvalue weighted by molar-refractivity contribution is 0.304. The standard InChI is InChI=1S/C35H38N4O2/c1-26(2)36-20-11-3-4-12-21-41-30-19-13-16-28(22-30)24-32-35(40)39-25-33(29-17-9-6-10-18-29)37-31(34(39)38-32)23-27-14-7-5-8-15-27/h5-10,13-19,22,25,36-37H,1,3-4,11-12,20-21,23-24H2,2H3. The summed E-state index contributed by atoms with van der Waals surface area (Å²) < 4.78 is 7.72. The Hall–Kier alpha value is -4.58. The third-order valence-corrected chi connectivity index (χ3v) is 7.09. The Labute approximate surface area is 242 Å². The van der Waals surface area contributed by atoms with E-state index >= 15 is 0 Å². The Bertz CT molecular complexity index is 1590. The van der Waals surface area contributed by atoms with Gasteiger partial charge in [0, 0.05) is 31.3 Å². The third kappa shape index (κ3) is 7.54. The zero-order valence-corrected chi connectivity index (χ0v) is 23.7. The maximum Gasteiger partial charge on any atom is 0.278 e. The molecular formula is C35H38N4O2. The number of imidazole rings is 1. The Morgan fingerprint density at radius 3 is 2.41 bits per heavy atom. The summed E-state index contributed by atoms with van der Waals surface area (Å²) in [6, 6.07) is 28.3. The maximum absolute atomic E-state index is 13.6. The fourth-order valence-electron chi connectivity index (χ4n) is 4.99. The molecule has 3 aromatic carbocycles. The van der Waals surface area contributed by atoms with Crippen molar-refractivity contribution in [3.8, 4) is 22.8 Å². The van der Waals surface area contributed by atoms with Gasteiger partial charge in [0.25, 0.3) is 5.56 Å². The first kappa shape index (κ1) is 28.0. The highest BCUT2D eigenvalue weighted by atomic mass is 16.5. The number of allylic oxidation sites excluding steroid dienone is 1. The summed E-state index contributed by atoms with van der Waals surface area (Å²) in [6.45, 7) is 7.50. The van der Waals surface area contributed by atoms with E-state index < -0.39 is 0 Å². The van der Waals surface area contributed by atoms with E-state index in [4.69, 9.17) is 9.72 Å². The zero-order valence-electron chi connectivity index (χ0n) is 23.7. The second-order valence-corrected chi connectivity index (χ2v) is 10.5. The number of nitrogens with one attached hydrogen (secondary N) is 2. The average Bonchev–Trinajstić information content (AvgIpc) is 3.30. The molecule has 0 radical (unpaired) electrons. The first-order chi connectivity index (χ1) is 20.1. The van der Waals surface area contributed by atoms with Crippen LogP contribution in [0.1, 0.15) is 55.1 Å². The number of nitrogens with zero attached hydrogens (tertiary/aromatic N) is 2. The first-order valence-electron chi connectivity index (χ1n) is 14.4. The Balaban J connectivity index is 1.31. The number of rotatable bonds is 14. The van der Waals surface area contributed by atoms with Gasteiger partial charge in [-0.1, -0.05) is 92.2 Å². The van der Waals surface area contributed by atoms with Crippen LogP contribution in [0.15, 0.2) is 108 Å². The van der Waals surface area contributed by atoms with Crippen LogP contribution in [0.5, 0.6) is 5.75 Å². The first-order valence-corrected chi connectivity index (χ1v) is 14.4. The van der Waals surface area contributed by atoms with E-state index in [0.29, 0.717) is 31.0 Å². The number of unbranched alkanes of at least 4 members (excludes halogenated alkanes) is 3. The molecule has 6 heteroatoms. The van der Waals surface area contributed by atoms with Gasteiger partial charge in [0.15, 0.2) is 5.82 Å². The largest absolute Gasteiger partial charge is 0.494 e. The fourth-order valence-corrected chi connectivity index (χ4v) is 4.99. The highest BCUT2D eigenvalue weighted by molar-refractivity contribution is 5.60. The van der Waals surface area contributed by atoms with Gasteiger partial charge in [-0.2, -0.15) is 0 Å². The van der Waals surface area contributed by atoms with Crippen molar-refractivity contribution in [2.75, 3.05) is 13.2 Å². The van der Waals surface area contributed by atoms with Crippen molar-refractivity contribution in [1.82, 2.24) is 19.9 Å². The lowest BCUT2D eigenvalue weighted by Crippen LogP contribution is -2.17. The van der Waals surface area contributed by atoms with E-state index in [1.54, 1.807) is 4.57 Å². The molecule has 2 aliphatic heterocycles. The van der Waals surface area contributed by atoms with Crippen LogP contribution in [0.4, 0.5) is 0 Å². The van der Waals surface area contributed by atoms with Gasteiger partial charge in [-0.25, -0.2) is 4.98 Å². The van der Waals surface area contributed by atoms with Gasteiger partial charge in [0.05, 0.1) is 18.0 Å². The van der Waals surface area contributed by atoms with Crippen LogP contribution in [-0.2, 0) is 12.8 Å². The SMILES string of the molecule is C=C(C)NCCCCCCOc1cccc(Cc2nc3c(Cc4ccccc4)[nH]c(-c4ccccc4)cn-3c2=O)c1. The monoisotopic (exact) mass is 546 g/mol. The van der Waals surface area contributed by atoms with Crippen molar-refractivity contribution in [2.45, 2.75) is 45.4 Å². The molecule has 0 saturated carbocycles. The van der Waals surface area contributed by atoms with E-state index in [2.05, 4.69) is 29.0 Å². The molecule has 0 bridgehead atoms. The number of hydrogen-bond donors (Lipinski definition) is 2. The molecule has 0 aromatic heterocycles. The number of hydrogen-bond acceptors (Lipinski definition) is 4. The average molecular weight is 547 g/mol. The van der Waals surface area contributed by atoms with E-state index in [1.165, 1.54) is 6.42 Å². The minimum atomic E-state index is -0.0899. The van der Waals surface area contributed by atoms with Crippen molar-refractivity contribution >= 4 is 0 Å². The topological polar surface area (TPSA) is 71.9 Å². The molecule has 0 aliphatic carbocycles. The van der Waals surface area contributed by atoms with Crippen molar-refractivity contribution in [2.24, 2.45) is 0 Å². The molecule has 0 unspecified atom stereocenters. The third-order valence-electron chi connectivity index (χ3n) is 7.09. The zero-order chi connectivity index (χ0) is 28.4. The highest BCUT2D eigenvalue weighted by Crippen LogP contribution is 2.24. The van der Waals surface area contributed by atoms with Crippen LogP contribution in [0.3, 0.4) is 0 Å². The molecule has 0 saturated heterocycles. The normalized spacial score (nSPS) is 11.0. The fraction of sp³-hybridized carbons (Fsp3) is 0.257. The quantitative estimate of drug-likeness (QED) is 0.149. The van der Waals surface area contributed by atoms with Gasteiger partial charge in [-0.3, -0.25) is 9.36 Å². The van der Waals surface area contributed by atoms with Crippen LogP contribution in [0.2, 0.25) is 0 Å². The predicted octanol–water partition coefficient (Wildman–Crippen LogP) is 6.91. The van der Waals surface area contributed by atoms with Gasteiger partial charge in [0.1, 0.15) is 11.4 Å². The Kier molecular flexibility index (Phi) is 9.32. The van der Waals surface area contributed by atoms with Gasteiger partial charge >= 0.3 is 0 Å². The van der Waals surface area contributed by atoms with Crippen LogP contribution in [0, 0.1) is 0 Å². The minimum absolute atomic E-state index is 0.0899. The number of aromatic nitrogens is 3. The van der Waals surface area contributed by atoms with E-state index in [9.17, 15) is 4.79 Å². The molecule has 3 aromatic rings. The van der Waals surface area contributed by atoms with Crippen molar-refractivity contribution in [3.05, 3.63) is 136 Å². The minimum Gasteiger partial charge on any atom is -0.494 e. The Morgan fingerprint density at radius 1 is 0.902 bits per heavy atom. The molecule has 0 amide bonds. The molecule has 6 nitrogen and oxygen atoms in total. The Morgan fingerprint density at radius 2 is 1.63 bits per heavy atom. The molecule has 0 atom stereocenters. The number of fused-ring (bicyclic) bond motifs is 1. The van der Waals surface area contributed by atoms with Crippen molar-refractivity contribution < 1.29 is 4.74 Å². The van der Waals surface area contributed by atoms with E-state index in [1.807, 2.05) is 85.9 Å². The molecule has 210 valence electrons. The van der Waals surface area contributed by atoms with Crippen LogP contribution in [0.25, 0.3) is 17.1 Å². The molecule has 0 spiro atoms. The summed E-state index contributed by atoms with van der Waals surface area (Å²) in [5.74, 6) is 1.49. The summed E-state index contributed by atoms with van der Waals surface area (Å²) in [4.78, 5) is 22.0. The lowest BCUT2D eigenvalue weighted by atomic mass is 10.1. The predicted molar refractivity (Wildman–Crippen MR) is 166 cm³/mol. The van der Waals surface area contributed by atoms with Gasteiger partial charge < -0.3 is 15.0 Å². The summed E-state index contributed by atoms with van der Waals surface area (Å²) in [6.07, 6.45) is 7.40. The summed E-state index contributed by atoms with van der Waals surface area (Å²) in [5, 5.41) is 3.27. The summed E-state index contributed by atoms with van der Waals surface area (Å²) >= 11 is 0. The molecule has 2 aliphatic rings. The summed E-state index contributed by atoms with van der Waals surface area (Å²) in [7, 11) is 0. The van der Waals surface area contributed by atoms with E-state index in [-0.39, 0.29) is 5.56 Å². The number of ether oxygens (including phenoxy) is 1. The molecule has 2 N–H and O–H groups in total. The molecule has 41 heavy (non-hydrogen) atoms. The number of aromatic amines is 1. The molecular weight excluding hydrogens is 508 g/mol. The highest BCUT2D eigenvalue weighted by Gasteiger charge is 2.20. The maximum atomic E-state index is 13.6. The lowest BCUT2D eigenvalue weighted by Gasteiger charge is -2.13. The van der Waals surface area contributed by atoms with Gasteiger partial charge in [-0.05, 0) is 48.6 Å². The molecule has 5 rings (SSSR count). The number of H-pyrrole nitrogens is 1. The molecule has 2 heterocycles. The van der Waals surface area contributed by atoms with Crippen molar-refractivity contribution in [3.63, 3.8) is 0 Å². The van der Waals surface area contributed by atoms with Gasteiger partial charge in [-0.15, -0.1) is 0 Å². The smallest absolute Gasteiger partial charge is 0.278 e.